The number of nitrogens with two attached hydrogens (primary N) is 1. The number of anilines is 1. The van der Waals surface area contributed by atoms with E-state index in [-0.39, 0.29) is 28.2 Å². The second kappa shape index (κ2) is 10.5. The van der Waals surface area contributed by atoms with Crippen LogP contribution in [0.3, 0.4) is 0 Å². The standard InChI is InChI=1S/C22H24ClF3N4O3S.ClH/c23-19-11-15-14-30(21(31)18(15)13-20(19)34(27,32)33)6-2-5-28-7-9-29(10-8-28)17-4-1-3-16(12-17)22(24,25)26;/h1,3-4,11-13H,2,5-10,14H2,(H2,27,32,33);1H. The number of alkyl halides is 3. The quantitative estimate of drug-likeness (QED) is 0.591. The first-order valence-corrected chi connectivity index (χ1v) is 12.6. The van der Waals surface area contributed by atoms with Crippen LogP contribution in [0, 0.1) is 0 Å². The van der Waals surface area contributed by atoms with Gasteiger partial charge in [-0.05, 0) is 48.9 Å². The maximum atomic E-state index is 13.0. The molecule has 1 amide bonds. The summed E-state index contributed by atoms with van der Waals surface area (Å²) in [7, 11) is -4.03. The van der Waals surface area contributed by atoms with Gasteiger partial charge in [0.1, 0.15) is 4.90 Å². The van der Waals surface area contributed by atoms with E-state index in [1.165, 1.54) is 24.3 Å². The molecular formula is C22H25Cl2F3N4O3S. The van der Waals surface area contributed by atoms with Gasteiger partial charge in [-0.25, -0.2) is 13.6 Å². The fraction of sp³-hybridized carbons (Fsp3) is 0.409. The molecule has 0 bridgehead atoms. The summed E-state index contributed by atoms with van der Waals surface area (Å²) in [6.07, 6.45) is -3.66. The fourth-order valence-electron chi connectivity index (χ4n) is 4.36. The lowest BCUT2D eigenvalue weighted by Gasteiger charge is -2.36. The zero-order valence-corrected chi connectivity index (χ0v) is 21.0. The number of benzene rings is 2. The minimum absolute atomic E-state index is 0. The van der Waals surface area contributed by atoms with Crippen molar-refractivity contribution in [2.75, 3.05) is 44.2 Å². The second-order valence-electron chi connectivity index (χ2n) is 8.44. The highest BCUT2D eigenvalue weighted by molar-refractivity contribution is 7.89. The topological polar surface area (TPSA) is 86.9 Å². The van der Waals surface area contributed by atoms with Crippen LogP contribution in [0.4, 0.5) is 18.9 Å². The van der Waals surface area contributed by atoms with Gasteiger partial charge in [0.2, 0.25) is 10.0 Å². The molecule has 1 fully saturated rings. The van der Waals surface area contributed by atoms with Gasteiger partial charge in [-0.1, -0.05) is 17.7 Å². The number of fused-ring (bicyclic) bond motifs is 1. The van der Waals surface area contributed by atoms with Gasteiger partial charge in [0.15, 0.2) is 0 Å². The van der Waals surface area contributed by atoms with Crippen LogP contribution in [0.15, 0.2) is 41.3 Å². The number of piperazine rings is 1. The number of primary sulfonamides is 1. The van der Waals surface area contributed by atoms with Gasteiger partial charge in [-0.2, -0.15) is 13.2 Å². The van der Waals surface area contributed by atoms with Crippen molar-refractivity contribution in [2.45, 2.75) is 24.0 Å². The number of halogens is 5. The zero-order chi connectivity index (χ0) is 24.7. The molecule has 0 atom stereocenters. The third-order valence-electron chi connectivity index (χ3n) is 6.16. The first-order valence-electron chi connectivity index (χ1n) is 10.7. The van der Waals surface area contributed by atoms with Crippen LogP contribution in [0.5, 0.6) is 0 Å². The molecule has 2 aromatic carbocycles. The molecule has 2 heterocycles. The van der Waals surface area contributed by atoms with Gasteiger partial charge in [0.25, 0.3) is 5.91 Å². The fourth-order valence-corrected chi connectivity index (χ4v) is 5.49. The summed E-state index contributed by atoms with van der Waals surface area (Å²) in [6, 6.07) is 8.08. The van der Waals surface area contributed by atoms with Crippen molar-refractivity contribution in [3.8, 4) is 0 Å². The van der Waals surface area contributed by atoms with Crippen molar-refractivity contribution in [3.63, 3.8) is 0 Å². The highest BCUT2D eigenvalue weighted by Gasteiger charge is 2.32. The Kier molecular flexibility index (Phi) is 8.27. The summed E-state index contributed by atoms with van der Waals surface area (Å²) in [4.78, 5) is 18.3. The summed E-state index contributed by atoms with van der Waals surface area (Å²) in [6.45, 7) is 4.22. The first-order chi connectivity index (χ1) is 15.9. The number of carbonyl (C=O) groups is 1. The number of hydrogen-bond donors (Lipinski definition) is 1. The van der Waals surface area contributed by atoms with Gasteiger partial charge in [-0.3, -0.25) is 9.69 Å². The summed E-state index contributed by atoms with van der Waals surface area (Å²) in [5.74, 6) is -0.258. The minimum atomic E-state index is -4.37. The van der Waals surface area contributed by atoms with Gasteiger partial charge in [0.05, 0.1) is 10.6 Å². The van der Waals surface area contributed by atoms with Crippen LogP contribution in [-0.4, -0.2) is 63.4 Å². The lowest BCUT2D eigenvalue weighted by atomic mass is 10.1. The van der Waals surface area contributed by atoms with E-state index in [2.05, 4.69) is 4.90 Å². The number of amides is 1. The van der Waals surface area contributed by atoms with Crippen LogP contribution in [-0.2, 0) is 22.7 Å². The highest BCUT2D eigenvalue weighted by atomic mass is 35.5. The van der Waals surface area contributed by atoms with Crippen LogP contribution in [0.2, 0.25) is 5.02 Å². The molecule has 2 N–H and O–H groups in total. The summed E-state index contributed by atoms with van der Waals surface area (Å²) in [5.41, 5.74) is 0.869. The van der Waals surface area contributed by atoms with Crippen molar-refractivity contribution in [1.29, 1.82) is 0 Å². The molecule has 192 valence electrons. The van der Waals surface area contributed by atoms with Crippen LogP contribution in [0.1, 0.15) is 27.9 Å². The first kappa shape index (κ1) is 27.5. The van der Waals surface area contributed by atoms with E-state index in [4.69, 9.17) is 16.7 Å². The molecule has 13 heteroatoms. The lowest BCUT2D eigenvalue weighted by molar-refractivity contribution is -0.137. The van der Waals surface area contributed by atoms with Gasteiger partial charge >= 0.3 is 6.18 Å². The Labute approximate surface area is 213 Å². The van der Waals surface area contributed by atoms with Gasteiger partial charge in [-0.15, -0.1) is 12.4 Å². The van der Waals surface area contributed by atoms with Gasteiger partial charge < -0.3 is 9.80 Å². The van der Waals surface area contributed by atoms with Gasteiger partial charge in [0, 0.05) is 50.5 Å². The van der Waals surface area contributed by atoms with Crippen molar-refractivity contribution in [2.24, 2.45) is 5.14 Å². The molecule has 2 aliphatic heterocycles. The number of sulfonamides is 1. The smallest absolute Gasteiger partial charge is 0.369 e. The minimum Gasteiger partial charge on any atom is -0.369 e. The number of nitrogens with zero attached hydrogens (tertiary/aromatic N) is 3. The van der Waals surface area contributed by atoms with Crippen molar-refractivity contribution in [1.82, 2.24) is 9.80 Å². The monoisotopic (exact) mass is 552 g/mol. The Hall–Kier alpha value is -2.05. The van der Waals surface area contributed by atoms with Crippen LogP contribution in [0.25, 0.3) is 0 Å². The van der Waals surface area contributed by atoms with E-state index < -0.39 is 21.8 Å². The molecule has 0 saturated carbocycles. The Morgan fingerprint density at radius 2 is 1.71 bits per heavy atom. The molecule has 4 rings (SSSR count). The molecule has 0 aromatic heterocycles. The predicted molar refractivity (Wildman–Crippen MR) is 130 cm³/mol. The van der Waals surface area contributed by atoms with Crippen molar-refractivity contribution >= 4 is 45.6 Å². The number of hydrogen-bond acceptors (Lipinski definition) is 5. The Bertz CT molecular complexity index is 1200. The Morgan fingerprint density at radius 3 is 2.34 bits per heavy atom. The normalized spacial score (nSPS) is 16.9. The van der Waals surface area contributed by atoms with E-state index >= 15 is 0 Å². The number of carbonyl (C=O) groups excluding carboxylic acids is 1. The maximum absolute atomic E-state index is 13.0. The Balaban J connectivity index is 0.00000342. The average Bonchev–Trinajstić information content (AvgIpc) is 3.07. The zero-order valence-electron chi connectivity index (χ0n) is 18.6. The van der Waals surface area contributed by atoms with E-state index in [0.29, 0.717) is 62.5 Å². The largest absolute Gasteiger partial charge is 0.416 e. The molecule has 35 heavy (non-hydrogen) atoms. The molecule has 1 saturated heterocycles. The van der Waals surface area contributed by atoms with Crippen LogP contribution < -0.4 is 10.0 Å². The molecular weight excluding hydrogens is 528 g/mol. The summed E-state index contributed by atoms with van der Waals surface area (Å²) in [5, 5.41) is 5.17. The summed E-state index contributed by atoms with van der Waals surface area (Å²) < 4.78 is 62.3. The van der Waals surface area contributed by atoms with Crippen molar-refractivity contribution < 1.29 is 26.4 Å². The third-order valence-corrected chi connectivity index (χ3v) is 7.53. The van der Waals surface area contributed by atoms with Crippen molar-refractivity contribution in [3.05, 3.63) is 58.1 Å². The van der Waals surface area contributed by atoms with E-state index in [1.807, 2.05) is 4.90 Å². The molecule has 0 radical (unpaired) electrons. The molecule has 0 spiro atoms. The molecule has 0 aliphatic carbocycles. The molecule has 2 aromatic rings. The predicted octanol–water partition coefficient (Wildman–Crippen LogP) is 3.60. The molecule has 7 nitrogen and oxygen atoms in total. The maximum Gasteiger partial charge on any atom is 0.416 e. The Morgan fingerprint density at radius 1 is 1.03 bits per heavy atom. The summed E-state index contributed by atoms with van der Waals surface area (Å²) >= 11 is 6.03. The average molecular weight is 553 g/mol. The molecule has 2 aliphatic rings. The third kappa shape index (κ3) is 6.21. The number of rotatable bonds is 6. The molecule has 0 unspecified atom stereocenters. The van der Waals surface area contributed by atoms with E-state index in [9.17, 15) is 26.4 Å². The highest BCUT2D eigenvalue weighted by Crippen LogP contribution is 2.32. The van der Waals surface area contributed by atoms with Crippen LogP contribution >= 0.6 is 24.0 Å². The second-order valence-corrected chi connectivity index (χ2v) is 10.4. The van der Waals surface area contributed by atoms with E-state index in [1.54, 1.807) is 11.0 Å². The lowest BCUT2D eigenvalue weighted by Crippen LogP contribution is -2.47. The SMILES string of the molecule is Cl.NS(=O)(=O)c1cc2c(cc1Cl)CN(CCCN1CCN(c3cccc(C(F)(F)F)c3)CC1)C2=O. The van der Waals surface area contributed by atoms with E-state index in [0.717, 1.165) is 12.6 Å².